The van der Waals surface area contributed by atoms with Crippen LogP contribution in [0.2, 0.25) is 5.02 Å². The molecule has 1 aromatic rings. The van der Waals surface area contributed by atoms with Crippen LogP contribution in [0.4, 0.5) is 5.69 Å². The standard InChI is InChI=1S/C13H10ClNOS2/c1-2-12(13-17-7-8-18-13)15(9-16)11-5-3-10(14)4-6-11/h1,3-6,9H,7-8H2. The number of hydrogen-bond donors (Lipinski definition) is 0. The number of hydrogen-bond acceptors (Lipinski definition) is 3. The molecule has 1 aliphatic rings. The fourth-order valence-corrected chi connectivity index (χ4v) is 4.10. The Morgan fingerprint density at radius 3 is 2.44 bits per heavy atom. The molecule has 0 saturated carbocycles. The number of allylic oxidation sites excluding steroid dienone is 1. The zero-order valence-corrected chi connectivity index (χ0v) is 11.8. The zero-order valence-electron chi connectivity index (χ0n) is 9.43. The van der Waals surface area contributed by atoms with E-state index >= 15 is 0 Å². The molecule has 1 fully saturated rings. The average molecular weight is 296 g/mol. The first kappa shape index (κ1) is 13.4. The minimum atomic E-state index is 0.611. The van der Waals surface area contributed by atoms with E-state index < -0.39 is 0 Å². The van der Waals surface area contributed by atoms with Crippen molar-refractivity contribution in [2.24, 2.45) is 0 Å². The second-order valence-corrected chi connectivity index (χ2v) is 6.33. The van der Waals surface area contributed by atoms with E-state index in [0.29, 0.717) is 10.7 Å². The summed E-state index contributed by atoms with van der Waals surface area (Å²) in [7, 11) is 0. The van der Waals surface area contributed by atoms with Crippen molar-refractivity contribution in [2.45, 2.75) is 0 Å². The third kappa shape index (κ3) is 2.86. The van der Waals surface area contributed by atoms with Crippen LogP contribution in [0, 0.1) is 12.3 Å². The number of carbonyl (C=O) groups excluding carboxylic acids is 1. The molecule has 0 bridgehead atoms. The number of thioether (sulfide) groups is 2. The lowest BCUT2D eigenvalue weighted by Gasteiger charge is -2.18. The van der Waals surface area contributed by atoms with Crippen LogP contribution >= 0.6 is 35.1 Å². The number of carbonyl (C=O) groups is 1. The van der Waals surface area contributed by atoms with Gasteiger partial charge in [-0.05, 0) is 30.2 Å². The Morgan fingerprint density at radius 1 is 1.33 bits per heavy atom. The largest absolute Gasteiger partial charge is 0.278 e. The van der Waals surface area contributed by atoms with Gasteiger partial charge in [0.15, 0.2) is 0 Å². The lowest BCUT2D eigenvalue weighted by atomic mass is 10.3. The Balaban J connectivity index is 2.38. The Labute approximate surface area is 120 Å². The van der Waals surface area contributed by atoms with Gasteiger partial charge in [-0.15, -0.1) is 29.9 Å². The maximum Gasteiger partial charge on any atom is 0.219 e. The molecule has 0 atom stereocenters. The second-order valence-electron chi connectivity index (χ2n) is 3.43. The predicted molar refractivity (Wildman–Crippen MR) is 80.8 cm³/mol. The van der Waals surface area contributed by atoms with Gasteiger partial charge in [0.05, 0.1) is 4.24 Å². The molecule has 1 aliphatic heterocycles. The first-order valence-corrected chi connectivity index (χ1v) is 7.57. The summed E-state index contributed by atoms with van der Waals surface area (Å²) in [5.74, 6) is 4.66. The number of benzene rings is 1. The molecule has 18 heavy (non-hydrogen) atoms. The number of nitrogens with zero attached hydrogens (tertiary/aromatic N) is 1. The van der Waals surface area contributed by atoms with Crippen molar-refractivity contribution in [2.75, 3.05) is 16.4 Å². The van der Waals surface area contributed by atoms with Gasteiger partial charge in [0.2, 0.25) is 6.41 Å². The molecule has 0 unspecified atom stereocenters. The normalized spacial score (nSPS) is 14.1. The molecule has 0 aromatic heterocycles. The zero-order chi connectivity index (χ0) is 13.0. The maximum absolute atomic E-state index is 11.3. The van der Waals surface area contributed by atoms with Gasteiger partial charge in [0.1, 0.15) is 5.70 Å². The van der Waals surface area contributed by atoms with Gasteiger partial charge in [0.25, 0.3) is 0 Å². The number of terminal acetylenes is 1. The van der Waals surface area contributed by atoms with Crippen molar-refractivity contribution in [1.82, 2.24) is 0 Å². The van der Waals surface area contributed by atoms with Crippen LogP contribution in [-0.4, -0.2) is 17.9 Å². The molecule has 0 aliphatic carbocycles. The maximum atomic E-state index is 11.3. The molecule has 92 valence electrons. The van der Waals surface area contributed by atoms with Crippen molar-refractivity contribution in [3.05, 3.63) is 39.2 Å². The van der Waals surface area contributed by atoms with E-state index in [2.05, 4.69) is 5.92 Å². The van der Waals surface area contributed by atoms with E-state index in [0.717, 1.165) is 27.8 Å². The van der Waals surface area contributed by atoms with E-state index in [1.807, 2.05) is 0 Å². The van der Waals surface area contributed by atoms with E-state index in [1.165, 1.54) is 4.90 Å². The van der Waals surface area contributed by atoms with Crippen LogP contribution in [-0.2, 0) is 4.79 Å². The molecule has 1 heterocycles. The van der Waals surface area contributed by atoms with Gasteiger partial charge in [-0.2, -0.15) is 0 Å². The van der Waals surface area contributed by atoms with Crippen molar-refractivity contribution >= 4 is 47.2 Å². The highest BCUT2D eigenvalue weighted by atomic mass is 35.5. The quantitative estimate of drug-likeness (QED) is 0.628. The lowest BCUT2D eigenvalue weighted by Crippen LogP contribution is -2.20. The SMILES string of the molecule is C#CC(=C1SCCS1)N(C=O)c1ccc(Cl)cc1. The van der Waals surface area contributed by atoms with Crippen LogP contribution in [0.3, 0.4) is 0 Å². The molecule has 5 heteroatoms. The summed E-state index contributed by atoms with van der Waals surface area (Å²) in [5, 5.41) is 0.629. The number of rotatable bonds is 3. The molecule has 2 nitrogen and oxygen atoms in total. The summed E-state index contributed by atoms with van der Waals surface area (Å²) in [6.07, 6.45) is 6.28. The Bertz CT molecular complexity index is 511. The number of amides is 1. The molecule has 1 aromatic carbocycles. The first-order valence-electron chi connectivity index (χ1n) is 5.23. The molecule has 1 saturated heterocycles. The highest BCUT2D eigenvalue weighted by molar-refractivity contribution is 8.25. The number of anilines is 1. The van der Waals surface area contributed by atoms with Gasteiger partial charge in [-0.3, -0.25) is 9.69 Å². The summed E-state index contributed by atoms with van der Waals surface area (Å²) >= 11 is 9.21. The summed E-state index contributed by atoms with van der Waals surface area (Å²) < 4.78 is 1.03. The van der Waals surface area contributed by atoms with Crippen molar-refractivity contribution in [1.29, 1.82) is 0 Å². The van der Waals surface area contributed by atoms with Gasteiger partial charge in [-0.25, -0.2) is 0 Å². The number of halogens is 1. The van der Waals surface area contributed by atoms with Gasteiger partial charge in [-0.1, -0.05) is 11.6 Å². The van der Waals surface area contributed by atoms with E-state index in [-0.39, 0.29) is 0 Å². The molecular formula is C13H10ClNOS2. The van der Waals surface area contributed by atoms with Crippen molar-refractivity contribution in [3.8, 4) is 12.3 Å². The second kappa shape index (κ2) is 6.24. The molecule has 0 radical (unpaired) electrons. The average Bonchev–Trinajstić information content (AvgIpc) is 2.91. The molecule has 0 N–H and O–H groups in total. The van der Waals surface area contributed by atoms with E-state index in [1.54, 1.807) is 47.8 Å². The van der Waals surface area contributed by atoms with Crippen LogP contribution < -0.4 is 4.90 Å². The monoisotopic (exact) mass is 295 g/mol. The topological polar surface area (TPSA) is 20.3 Å². The molecule has 2 rings (SSSR count). The predicted octanol–water partition coefficient (Wildman–Crippen LogP) is 3.59. The van der Waals surface area contributed by atoms with E-state index in [4.69, 9.17) is 18.0 Å². The minimum Gasteiger partial charge on any atom is -0.278 e. The molecule has 0 spiro atoms. The molecule has 1 amide bonds. The summed E-state index contributed by atoms with van der Waals surface area (Å²) in [4.78, 5) is 12.8. The third-order valence-corrected chi connectivity index (χ3v) is 5.28. The van der Waals surface area contributed by atoms with Crippen LogP contribution in [0.1, 0.15) is 0 Å². The Morgan fingerprint density at radius 2 is 1.94 bits per heavy atom. The smallest absolute Gasteiger partial charge is 0.219 e. The van der Waals surface area contributed by atoms with Gasteiger partial charge < -0.3 is 0 Å². The summed E-state index contributed by atoms with van der Waals surface area (Å²) in [6.45, 7) is 0. The fourth-order valence-electron chi connectivity index (χ4n) is 1.52. The highest BCUT2D eigenvalue weighted by Gasteiger charge is 2.19. The van der Waals surface area contributed by atoms with Crippen LogP contribution in [0.25, 0.3) is 0 Å². The van der Waals surface area contributed by atoms with Gasteiger partial charge in [0, 0.05) is 22.2 Å². The van der Waals surface area contributed by atoms with Crippen molar-refractivity contribution in [3.63, 3.8) is 0 Å². The first-order chi connectivity index (χ1) is 8.76. The Hall–Kier alpha value is -1.02. The minimum absolute atomic E-state index is 0.611. The third-order valence-electron chi connectivity index (χ3n) is 2.33. The van der Waals surface area contributed by atoms with Crippen LogP contribution in [0.15, 0.2) is 34.2 Å². The Kier molecular flexibility index (Phi) is 4.65. The summed E-state index contributed by atoms with van der Waals surface area (Å²) in [5.41, 5.74) is 1.34. The highest BCUT2D eigenvalue weighted by Crippen LogP contribution is 2.40. The van der Waals surface area contributed by atoms with E-state index in [9.17, 15) is 4.79 Å². The lowest BCUT2D eigenvalue weighted by molar-refractivity contribution is -0.107. The molecular weight excluding hydrogens is 286 g/mol. The van der Waals surface area contributed by atoms with Gasteiger partial charge >= 0.3 is 0 Å². The summed E-state index contributed by atoms with van der Waals surface area (Å²) in [6, 6.07) is 7.03. The fraction of sp³-hybridized carbons (Fsp3) is 0.154. The van der Waals surface area contributed by atoms with Crippen molar-refractivity contribution < 1.29 is 4.79 Å². The van der Waals surface area contributed by atoms with Crippen LogP contribution in [0.5, 0.6) is 0 Å².